The molecule has 1 heterocycles. The molecule has 104 valence electrons. The number of nitrogens with one attached hydrogen (secondary N) is 1. The number of likely N-dealkylation sites (tertiary alicyclic amines) is 1. The summed E-state index contributed by atoms with van der Waals surface area (Å²) in [6, 6.07) is 8.74. The lowest BCUT2D eigenvalue weighted by molar-refractivity contribution is 0.133. The second-order valence-corrected chi connectivity index (χ2v) is 5.48. The molecule has 0 unspecified atom stereocenters. The highest BCUT2D eigenvalue weighted by Crippen LogP contribution is 2.24. The van der Waals surface area contributed by atoms with Gasteiger partial charge >= 0.3 is 6.03 Å². The first kappa shape index (κ1) is 13.9. The Balaban J connectivity index is 2.11. The van der Waals surface area contributed by atoms with Crippen LogP contribution in [0, 0.1) is 0 Å². The molecule has 1 fully saturated rings. The summed E-state index contributed by atoms with van der Waals surface area (Å²) in [5, 5.41) is 3.08. The quantitative estimate of drug-likeness (QED) is 0.855. The number of piperidine rings is 1. The smallest absolute Gasteiger partial charge is 0.319 e. The SMILES string of the molecule is CCc1ccccc1NC(=O)N1[C@H](C)CCC[C@@H]1C. The summed E-state index contributed by atoms with van der Waals surface area (Å²) < 4.78 is 0. The highest BCUT2D eigenvalue weighted by molar-refractivity contribution is 5.90. The Morgan fingerprint density at radius 1 is 1.26 bits per heavy atom. The summed E-state index contributed by atoms with van der Waals surface area (Å²) >= 11 is 0. The third-order valence-electron chi connectivity index (χ3n) is 4.07. The van der Waals surface area contributed by atoms with Crippen molar-refractivity contribution in [2.24, 2.45) is 0 Å². The molecule has 1 aromatic carbocycles. The zero-order valence-electron chi connectivity index (χ0n) is 12.1. The van der Waals surface area contributed by atoms with Crippen LogP contribution >= 0.6 is 0 Å². The van der Waals surface area contributed by atoms with Gasteiger partial charge < -0.3 is 10.2 Å². The van der Waals surface area contributed by atoms with Gasteiger partial charge in [0.05, 0.1) is 0 Å². The second kappa shape index (κ2) is 6.09. The molecule has 2 amide bonds. The molecule has 0 saturated carbocycles. The first-order valence-corrected chi connectivity index (χ1v) is 7.30. The molecule has 1 saturated heterocycles. The Kier molecular flexibility index (Phi) is 4.46. The monoisotopic (exact) mass is 260 g/mol. The largest absolute Gasteiger partial charge is 0.322 e. The Morgan fingerprint density at radius 2 is 1.89 bits per heavy atom. The van der Waals surface area contributed by atoms with Crippen LogP contribution in [0.5, 0.6) is 0 Å². The first-order valence-electron chi connectivity index (χ1n) is 7.30. The van der Waals surface area contributed by atoms with Gasteiger partial charge in [0.2, 0.25) is 0 Å². The molecule has 2 atom stereocenters. The molecule has 3 heteroatoms. The average molecular weight is 260 g/mol. The van der Waals surface area contributed by atoms with Crippen molar-refractivity contribution in [1.29, 1.82) is 0 Å². The molecule has 1 aliphatic rings. The third-order valence-corrected chi connectivity index (χ3v) is 4.07. The van der Waals surface area contributed by atoms with Crippen molar-refractivity contribution in [2.75, 3.05) is 5.32 Å². The maximum atomic E-state index is 12.5. The number of aryl methyl sites for hydroxylation is 1. The van der Waals surface area contributed by atoms with Gasteiger partial charge in [-0.25, -0.2) is 4.79 Å². The number of rotatable bonds is 2. The molecular weight excluding hydrogens is 236 g/mol. The number of carbonyl (C=O) groups excluding carboxylic acids is 1. The van der Waals surface area contributed by atoms with Gasteiger partial charge in [-0.3, -0.25) is 0 Å². The fraction of sp³-hybridized carbons (Fsp3) is 0.562. The molecule has 0 aliphatic carbocycles. The lowest BCUT2D eigenvalue weighted by Gasteiger charge is -2.39. The van der Waals surface area contributed by atoms with E-state index >= 15 is 0 Å². The Bertz CT molecular complexity index is 434. The van der Waals surface area contributed by atoms with Crippen LogP contribution in [0.15, 0.2) is 24.3 Å². The Morgan fingerprint density at radius 3 is 2.53 bits per heavy atom. The van der Waals surface area contributed by atoms with E-state index in [9.17, 15) is 4.79 Å². The van der Waals surface area contributed by atoms with Crippen molar-refractivity contribution in [3.63, 3.8) is 0 Å². The van der Waals surface area contributed by atoms with Gasteiger partial charge in [0.15, 0.2) is 0 Å². The summed E-state index contributed by atoms with van der Waals surface area (Å²) in [6.07, 6.45) is 4.36. The van der Waals surface area contributed by atoms with E-state index in [1.54, 1.807) is 0 Å². The minimum Gasteiger partial charge on any atom is -0.319 e. The van der Waals surface area contributed by atoms with Gasteiger partial charge in [-0.05, 0) is 51.2 Å². The predicted molar refractivity (Wildman–Crippen MR) is 79.5 cm³/mol. The number of nitrogens with zero attached hydrogens (tertiary/aromatic N) is 1. The number of benzene rings is 1. The van der Waals surface area contributed by atoms with Gasteiger partial charge in [0.1, 0.15) is 0 Å². The number of anilines is 1. The van der Waals surface area contributed by atoms with E-state index in [0.29, 0.717) is 12.1 Å². The summed E-state index contributed by atoms with van der Waals surface area (Å²) in [5.74, 6) is 0. The molecule has 1 aromatic rings. The lowest BCUT2D eigenvalue weighted by atomic mass is 9.98. The van der Waals surface area contributed by atoms with Crippen LogP contribution in [0.2, 0.25) is 0 Å². The van der Waals surface area contributed by atoms with Gasteiger partial charge in [-0.1, -0.05) is 25.1 Å². The number of carbonyl (C=O) groups is 1. The fourth-order valence-corrected chi connectivity index (χ4v) is 2.95. The molecule has 1 aliphatic heterocycles. The standard InChI is InChI=1S/C16H24N2O/c1-4-14-10-5-6-11-15(14)17-16(19)18-12(2)8-7-9-13(18)3/h5-6,10-13H,4,7-9H2,1-3H3,(H,17,19)/t12-,13+. The van der Waals surface area contributed by atoms with Crippen molar-refractivity contribution < 1.29 is 4.79 Å². The van der Waals surface area contributed by atoms with Crippen molar-refractivity contribution >= 4 is 11.7 Å². The second-order valence-electron chi connectivity index (χ2n) is 5.48. The molecule has 0 radical (unpaired) electrons. The van der Waals surface area contributed by atoms with Crippen LogP contribution in [-0.2, 0) is 6.42 Å². The highest BCUT2D eigenvalue weighted by atomic mass is 16.2. The molecule has 19 heavy (non-hydrogen) atoms. The molecule has 0 bridgehead atoms. The van der Waals surface area contributed by atoms with Crippen molar-refractivity contribution in [3.05, 3.63) is 29.8 Å². The van der Waals surface area contributed by atoms with Crippen LogP contribution in [-0.4, -0.2) is 23.0 Å². The van der Waals surface area contributed by atoms with E-state index in [1.807, 2.05) is 23.1 Å². The molecular formula is C16H24N2O. The predicted octanol–water partition coefficient (Wildman–Crippen LogP) is 4.04. The number of hydrogen-bond acceptors (Lipinski definition) is 1. The summed E-state index contributed by atoms with van der Waals surface area (Å²) in [6.45, 7) is 6.39. The van der Waals surface area contributed by atoms with E-state index in [2.05, 4.69) is 32.2 Å². The van der Waals surface area contributed by atoms with E-state index in [-0.39, 0.29) is 6.03 Å². The minimum absolute atomic E-state index is 0.0422. The average Bonchev–Trinajstić information content (AvgIpc) is 2.39. The Hall–Kier alpha value is -1.51. The van der Waals surface area contributed by atoms with Gasteiger partial charge in [-0.15, -0.1) is 0 Å². The van der Waals surface area contributed by atoms with Crippen LogP contribution in [0.3, 0.4) is 0 Å². The van der Waals surface area contributed by atoms with Crippen molar-refractivity contribution in [2.45, 2.75) is 58.5 Å². The normalized spacial score (nSPS) is 23.2. The number of hydrogen-bond donors (Lipinski definition) is 1. The zero-order valence-corrected chi connectivity index (χ0v) is 12.1. The highest BCUT2D eigenvalue weighted by Gasteiger charge is 2.29. The molecule has 0 spiro atoms. The first-order chi connectivity index (χ1) is 9.13. The van der Waals surface area contributed by atoms with E-state index < -0.39 is 0 Å². The Labute approximate surface area is 116 Å². The van der Waals surface area contributed by atoms with Gasteiger partial charge in [-0.2, -0.15) is 0 Å². The van der Waals surface area contributed by atoms with E-state index in [4.69, 9.17) is 0 Å². The topological polar surface area (TPSA) is 32.3 Å². The molecule has 0 aromatic heterocycles. The van der Waals surface area contributed by atoms with Crippen molar-refractivity contribution in [1.82, 2.24) is 4.90 Å². The third kappa shape index (κ3) is 3.09. The summed E-state index contributed by atoms with van der Waals surface area (Å²) in [7, 11) is 0. The molecule has 2 rings (SSSR count). The minimum atomic E-state index is 0.0422. The maximum Gasteiger partial charge on any atom is 0.322 e. The fourth-order valence-electron chi connectivity index (χ4n) is 2.95. The number of amides is 2. The van der Waals surface area contributed by atoms with E-state index in [0.717, 1.165) is 24.9 Å². The van der Waals surface area contributed by atoms with Crippen LogP contribution in [0.4, 0.5) is 10.5 Å². The van der Waals surface area contributed by atoms with Crippen molar-refractivity contribution in [3.8, 4) is 0 Å². The number of para-hydroxylation sites is 1. The van der Waals surface area contributed by atoms with Crippen LogP contribution < -0.4 is 5.32 Å². The maximum absolute atomic E-state index is 12.5. The van der Waals surface area contributed by atoms with Crippen LogP contribution in [0.1, 0.15) is 45.6 Å². The van der Waals surface area contributed by atoms with Gasteiger partial charge in [0.25, 0.3) is 0 Å². The molecule has 1 N–H and O–H groups in total. The van der Waals surface area contributed by atoms with E-state index in [1.165, 1.54) is 12.0 Å². The number of urea groups is 1. The molecule has 3 nitrogen and oxygen atoms in total. The zero-order chi connectivity index (χ0) is 13.8. The lowest BCUT2D eigenvalue weighted by Crippen LogP contribution is -2.49. The summed E-state index contributed by atoms with van der Waals surface area (Å²) in [5.41, 5.74) is 2.13. The van der Waals surface area contributed by atoms with Gasteiger partial charge in [0, 0.05) is 17.8 Å². The summed E-state index contributed by atoms with van der Waals surface area (Å²) in [4.78, 5) is 14.5. The van der Waals surface area contributed by atoms with Crippen LogP contribution in [0.25, 0.3) is 0 Å².